The molecule has 1 saturated carbocycles. The standard InChI is InChI=1S/C22H26F2/c1-2-3-5-16-8-10-17(11-9-16)18-12-14-19(15-13-18)22-20(23)6-4-7-21(22)24/h4,6-7,12-17H,2-3,5,8-11H2,1H3. The number of hydrogen-bond acceptors (Lipinski definition) is 0. The molecule has 2 heteroatoms. The van der Waals surface area contributed by atoms with Gasteiger partial charge in [-0.3, -0.25) is 0 Å². The molecule has 24 heavy (non-hydrogen) atoms. The third-order valence-electron chi connectivity index (χ3n) is 5.45. The molecule has 2 aromatic carbocycles. The summed E-state index contributed by atoms with van der Waals surface area (Å²) in [4.78, 5) is 0. The van der Waals surface area contributed by atoms with E-state index in [-0.39, 0.29) is 5.56 Å². The number of hydrogen-bond donors (Lipinski definition) is 0. The zero-order chi connectivity index (χ0) is 16.9. The molecule has 0 saturated heterocycles. The zero-order valence-electron chi connectivity index (χ0n) is 14.4. The topological polar surface area (TPSA) is 0 Å². The van der Waals surface area contributed by atoms with E-state index in [0.717, 1.165) is 5.92 Å². The Morgan fingerprint density at radius 1 is 0.875 bits per heavy atom. The Hall–Kier alpha value is -1.70. The number of rotatable bonds is 5. The second-order valence-electron chi connectivity index (χ2n) is 7.08. The molecule has 0 N–H and O–H groups in total. The first kappa shape index (κ1) is 17.1. The normalized spacial score (nSPS) is 21.0. The van der Waals surface area contributed by atoms with E-state index < -0.39 is 11.6 Å². The molecule has 3 rings (SSSR count). The average molecular weight is 328 g/mol. The van der Waals surface area contributed by atoms with E-state index in [1.54, 1.807) is 0 Å². The van der Waals surface area contributed by atoms with E-state index >= 15 is 0 Å². The fourth-order valence-corrected chi connectivity index (χ4v) is 3.97. The van der Waals surface area contributed by atoms with Gasteiger partial charge in [0, 0.05) is 0 Å². The van der Waals surface area contributed by atoms with E-state index in [1.165, 1.54) is 68.7 Å². The molecule has 0 aliphatic heterocycles. The summed E-state index contributed by atoms with van der Waals surface area (Å²) in [5, 5.41) is 0. The van der Waals surface area contributed by atoms with Crippen molar-refractivity contribution in [1.29, 1.82) is 0 Å². The summed E-state index contributed by atoms with van der Waals surface area (Å²) in [6.07, 6.45) is 9.10. The first-order valence-corrected chi connectivity index (χ1v) is 9.23. The van der Waals surface area contributed by atoms with Crippen LogP contribution < -0.4 is 0 Å². The van der Waals surface area contributed by atoms with E-state index in [9.17, 15) is 8.78 Å². The predicted octanol–water partition coefficient (Wildman–Crippen LogP) is 7.10. The van der Waals surface area contributed by atoms with Gasteiger partial charge in [0.05, 0.1) is 5.56 Å². The maximum atomic E-state index is 13.9. The Bertz CT molecular complexity index is 632. The highest BCUT2D eigenvalue weighted by atomic mass is 19.1. The van der Waals surface area contributed by atoms with Crippen LogP contribution in [0.15, 0.2) is 42.5 Å². The van der Waals surface area contributed by atoms with Gasteiger partial charge in [0.15, 0.2) is 0 Å². The van der Waals surface area contributed by atoms with E-state index in [1.807, 2.05) is 12.1 Å². The van der Waals surface area contributed by atoms with Gasteiger partial charge in [-0.15, -0.1) is 0 Å². The molecule has 0 atom stereocenters. The number of benzene rings is 2. The summed E-state index contributed by atoms with van der Waals surface area (Å²) in [6, 6.07) is 11.9. The number of halogens is 2. The van der Waals surface area contributed by atoms with Crippen molar-refractivity contribution < 1.29 is 8.78 Å². The van der Waals surface area contributed by atoms with Gasteiger partial charge < -0.3 is 0 Å². The Morgan fingerprint density at radius 2 is 1.50 bits per heavy atom. The van der Waals surface area contributed by atoms with Gasteiger partial charge in [-0.2, -0.15) is 0 Å². The Labute approximate surface area is 143 Å². The predicted molar refractivity (Wildman–Crippen MR) is 96.0 cm³/mol. The summed E-state index contributed by atoms with van der Waals surface area (Å²) >= 11 is 0. The molecular weight excluding hydrogens is 302 g/mol. The highest BCUT2D eigenvalue weighted by Gasteiger charge is 2.22. The maximum Gasteiger partial charge on any atom is 0.133 e. The molecule has 2 aromatic rings. The molecule has 1 aliphatic rings. The van der Waals surface area contributed by atoms with Gasteiger partial charge in [0.2, 0.25) is 0 Å². The second-order valence-corrected chi connectivity index (χ2v) is 7.08. The lowest BCUT2D eigenvalue weighted by molar-refractivity contribution is 0.304. The smallest absolute Gasteiger partial charge is 0.133 e. The van der Waals surface area contributed by atoms with Crippen molar-refractivity contribution >= 4 is 0 Å². The summed E-state index contributed by atoms with van der Waals surface area (Å²) in [5.41, 5.74) is 2.00. The van der Waals surface area contributed by atoms with Crippen LogP contribution in [0.5, 0.6) is 0 Å². The fourth-order valence-electron chi connectivity index (χ4n) is 3.97. The van der Waals surface area contributed by atoms with E-state index in [2.05, 4.69) is 19.1 Å². The second kappa shape index (κ2) is 7.92. The molecule has 0 aromatic heterocycles. The highest BCUT2D eigenvalue weighted by Crippen LogP contribution is 2.38. The molecule has 0 radical (unpaired) electrons. The fraction of sp³-hybridized carbons (Fsp3) is 0.455. The van der Waals surface area contributed by atoms with Gasteiger partial charge in [-0.05, 0) is 60.8 Å². The van der Waals surface area contributed by atoms with Crippen LogP contribution in [0.2, 0.25) is 0 Å². The molecule has 0 nitrogen and oxygen atoms in total. The Balaban J connectivity index is 1.68. The SMILES string of the molecule is CCCCC1CCC(c2ccc(-c3c(F)cccc3F)cc2)CC1. The largest absolute Gasteiger partial charge is 0.206 e. The maximum absolute atomic E-state index is 13.9. The van der Waals surface area contributed by atoms with Gasteiger partial charge >= 0.3 is 0 Å². The van der Waals surface area contributed by atoms with Crippen molar-refractivity contribution in [2.45, 2.75) is 57.8 Å². The van der Waals surface area contributed by atoms with Crippen LogP contribution in [-0.2, 0) is 0 Å². The molecule has 1 fully saturated rings. The lowest BCUT2D eigenvalue weighted by Crippen LogP contribution is -2.13. The van der Waals surface area contributed by atoms with Gasteiger partial charge in [0.25, 0.3) is 0 Å². The molecule has 0 amide bonds. The molecule has 128 valence electrons. The van der Waals surface area contributed by atoms with Crippen LogP contribution >= 0.6 is 0 Å². The van der Waals surface area contributed by atoms with Crippen molar-refractivity contribution in [3.05, 3.63) is 59.7 Å². The zero-order valence-corrected chi connectivity index (χ0v) is 14.4. The summed E-state index contributed by atoms with van der Waals surface area (Å²) in [5.74, 6) is 0.494. The van der Waals surface area contributed by atoms with Gasteiger partial charge in [-0.1, -0.05) is 56.5 Å². The highest BCUT2D eigenvalue weighted by molar-refractivity contribution is 5.65. The lowest BCUT2D eigenvalue weighted by atomic mass is 9.77. The molecule has 0 spiro atoms. The van der Waals surface area contributed by atoms with E-state index in [4.69, 9.17) is 0 Å². The minimum Gasteiger partial charge on any atom is -0.206 e. The molecule has 0 unspecified atom stereocenters. The quantitative estimate of drug-likeness (QED) is 0.549. The van der Waals surface area contributed by atoms with Crippen LogP contribution in [0, 0.1) is 17.6 Å². The van der Waals surface area contributed by atoms with E-state index in [0.29, 0.717) is 11.5 Å². The van der Waals surface area contributed by atoms with Crippen LogP contribution in [-0.4, -0.2) is 0 Å². The van der Waals surface area contributed by atoms with Crippen molar-refractivity contribution in [3.8, 4) is 11.1 Å². The van der Waals surface area contributed by atoms with Crippen molar-refractivity contribution in [2.75, 3.05) is 0 Å². The lowest BCUT2D eigenvalue weighted by Gasteiger charge is -2.29. The van der Waals surface area contributed by atoms with Crippen molar-refractivity contribution in [1.82, 2.24) is 0 Å². The van der Waals surface area contributed by atoms with Gasteiger partial charge in [0.1, 0.15) is 11.6 Å². The Kier molecular flexibility index (Phi) is 5.65. The van der Waals surface area contributed by atoms with Crippen molar-refractivity contribution in [3.63, 3.8) is 0 Å². The van der Waals surface area contributed by atoms with Crippen LogP contribution in [0.1, 0.15) is 63.4 Å². The third kappa shape index (κ3) is 3.85. The monoisotopic (exact) mass is 328 g/mol. The summed E-state index contributed by atoms with van der Waals surface area (Å²) in [7, 11) is 0. The number of unbranched alkanes of at least 4 members (excludes halogenated alkanes) is 1. The first-order chi connectivity index (χ1) is 11.7. The molecule has 1 aliphatic carbocycles. The average Bonchev–Trinajstić information content (AvgIpc) is 2.61. The molecular formula is C22H26F2. The van der Waals surface area contributed by atoms with Crippen LogP contribution in [0.4, 0.5) is 8.78 Å². The first-order valence-electron chi connectivity index (χ1n) is 9.23. The minimum absolute atomic E-state index is 0.0762. The Morgan fingerprint density at radius 3 is 2.08 bits per heavy atom. The minimum atomic E-state index is -0.501. The molecule has 0 heterocycles. The molecule has 0 bridgehead atoms. The van der Waals surface area contributed by atoms with Crippen LogP contribution in [0.3, 0.4) is 0 Å². The summed E-state index contributed by atoms with van der Waals surface area (Å²) in [6.45, 7) is 2.26. The third-order valence-corrected chi connectivity index (χ3v) is 5.45. The van der Waals surface area contributed by atoms with Crippen LogP contribution in [0.25, 0.3) is 11.1 Å². The summed E-state index contributed by atoms with van der Waals surface area (Å²) < 4.78 is 27.8. The van der Waals surface area contributed by atoms with Crippen molar-refractivity contribution in [2.24, 2.45) is 5.92 Å². The van der Waals surface area contributed by atoms with Gasteiger partial charge in [-0.25, -0.2) is 8.78 Å².